The molecule has 1 aliphatic carbocycles. The Labute approximate surface area is 127 Å². The van der Waals surface area contributed by atoms with Crippen LogP contribution in [0.2, 0.25) is 0 Å². The summed E-state index contributed by atoms with van der Waals surface area (Å²) in [5.41, 5.74) is 8.19. The number of carbonyl (C=O) groups excluding carboxylic acids is 1. The second kappa shape index (κ2) is 6.94. The third-order valence-corrected chi connectivity index (χ3v) is 4.29. The van der Waals surface area contributed by atoms with Crippen molar-refractivity contribution in [2.45, 2.75) is 58.7 Å². The fraction of sp³-hybridized carbons (Fsp3) is 0.588. The lowest BCUT2D eigenvalue weighted by Crippen LogP contribution is -2.33. The standard InChI is InChI=1S/C17H26N2O2/c1-11-6-4-7-14(10-11)21-13(3)17(20)19-16-9-5-8-15(18)12(16)2/h5,8-9,11,13-14H,4,6-7,10,18H2,1-3H3,(H,19,20). The molecule has 2 rings (SSSR count). The summed E-state index contributed by atoms with van der Waals surface area (Å²) in [6.45, 7) is 5.96. The minimum atomic E-state index is -0.443. The summed E-state index contributed by atoms with van der Waals surface area (Å²) >= 11 is 0. The van der Waals surface area contributed by atoms with Gasteiger partial charge in [-0.2, -0.15) is 0 Å². The Kier molecular flexibility index (Phi) is 5.23. The van der Waals surface area contributed by atoms with E-state index in [0.29, 0.717) is 11.6 Å². The van der Waals surface area contributed by atoms with Gasteiger partial charge in [0.2, 0.25) is 0 Å². The lowest BCUT2D eigenvalue weighted by atomic mass is 9.88. The predicted octanol–water partition coefficient (Wildman–Crippen LogP) is 3.50. The fourth-order valence-corrected chi connectivity index (χ4v) is 2.88. The van der Waals surface area contributed by atoms with Crippen molar-refractivity contribution in [2.75, 3.05) is 11.1 Å². The first-order valence-electron chi connectivity index (χ1n) is 7.78. The van der Waals surface area contributed by atoms with Crippen LogP contribution >= 0.6 is 0 Å². The highest BCUT2D eigenvalue weighted by atomic mass is 16.5. The van der Waals surface area contributed by atoms with E-state index in [9.17, 15) is 4.79 Å². The van der Waals surface area contributed by atoms with Crippen LogP contribution in [0, 0.1) is 12.8 Å². The molecule has 0 bridgehead atoms. The maximum Gasteiger partial charge on any atom is 0.253 e. The maximum atomic E-state index is 12.3. The molecule has 0 aromatic heterocycles. The molecule has 0 spiro atoms. The summed E-state index contributed by atoms with van der Waals surface area (Å²) < 4.78 is 5.92. The highest BCUT2D eigenvalue weighted by molar-refractivity contribution is 5.95. The number of ether oxygens (including phenoxy) is 1. The first-order valence-corrected chi connectivity index (χ1v) is 7.78. The number of carbonyl (C=O) groups is 1. The number of benzene rings is 1. The summed E-state index contributed by atoms with van der Waals surface area (Å²) in [6, 6.07) is 5.53. The monoisotopic (exact) mass is 290 g/mol. The van der Waals surface area contributed by atoms with Gasteiger partial charge in [-0.3, -0.25) is 4.79 Å². The average molecular weight is 290 g/mol. The molecule has 0 heterocycles. The molecular formula is C17H26N2O2. The molecule has 3 atom stereocenters. The Morgan fingerprint density at radius 2 is 2.19 bits per heavy atom. The zero-order valence-electron chi connectivity index (χ0n) is 13.2. The van der Waals surface area contributed by atoms with E-state index in [1.54, 1.807) is 0 Å². The molecule has 0 radical (unpaired) electrons. The first-order chi connectivity index (χ1) is 9.97. The number of hydrogen-bond acceptors (Lipinski definition) is 3. The number of nitrogens with two attached hydrogens (primary N) is 1. The van der Waals surface area contributed by atoms with Crippen LogP contribution in [0.3, 0.4) is 0 Å². The van der Waals surface area contributed by atoms with Crippen LogP contribution in [0.15, 0.2) is 18.2 Å². The van der Waals surface area contributed by atoms with Gasteiger partial charge in [-0.25, -0.2) is 0 Å². The van der Waals surface area contributed by atoms with Gasteiger partial charge in [-0.15, -0.1) is 0 Å². The van der Waals surface area contributed by atoms with E-state index in [2.05, 4.69) is 12.2 Å². The van der Waals surface area contributed by atoms with Gasteiger partial charge in [0.15, 0.2) is 0 Å². The van der Waals surface area contributed by atoms with E-state index < -0.39 is 6.10 Å². The molecule has 4 heteroatoms. The van der Waals surface area contributed by atoms with Gasteiger partial charge < -0.3 is 15.8 Å². The summed E-state index contributed by atoms with van der Waals surface area (Å²) in [5, 5.41) is 2.91. The number of nitrogen functional groups attached to an aromatic ring is 1. The van der Waals surface area contributed by atoms with Crippen molar-refractivity contribution in [3.05, 3.63) is 23.8 Å². The van der Waals surface area contributed by atoms with E-state index in [4.69, 9.17) is 10.5 Å². The fourth-order valence-electron chi connectivity index (χ4n) is 2.88. The number of rotatable bonds is 4. The van der Waals surface area contributed by atoms with Crippen molar-refractivity contribution < 1.29 is 9.53 Å². The summed E-state index contributed by atoms with van der Waals surface area (Å²) in [6.07, 6.45) is 4.32. The number of amides is 1. The molecular weight excluding hydrogens is 264 g/mol. The Bertz CT molecular complexity index is 502. The normalized spacial score (nSPS) is 23.6. The van der Waals surface area contributed by atoms with E-state index in [0.717, 1.165) is 24.1 Å². The molecule has 1 aromatic rings. The van der Waals surface area contributed by atoms with Crippen LogP contribution in [0.5, 0.6) is 0 Å². The van der Waals surface area contributed by atoms with Crippen molar-refractivity contribution in [1.29, 1.82) is 0 Å². The largest absolute Gasteiger partial charge is 0.398 e. The van der Waals surface area contributed by atoms with Crippen molar-refractivity contribution in [1.82, 2.24) is 0 Å². The Hall–Kier alpha value is -1.55. The highest BCUT2D eigenvalue weighted by Crippen LogP contribution is 2.27. The van der Waals surface area contributed by atoms with Gasteiger partial charge in [0, 0.05) is 11.4 Å². The van der Waals surface area contributed by atoms with Crippen LogP contribution in [0.25, 0.3) is 0 Å². The zero-order valence-corrected chi connectivity index (χ0v) is 13.2. The Balaban J connectivity index is 1.91. The molecule has 1 aliphatic rings. The molecule has 0 aliphatic heterocycles. The number of nitrogens with one attached hydrogen (secondary N) is 1. The van der Waals surface area contributed by atoms with Crippen LogP contribution < -0.4 is 11.1 Å². The highest BCUT2D eigenvalue weighted by Gasteiger charge is 2.24. The van der Waals surface area contributed by atoms with Crippen LogP contribution in [-0.2, 0) is 9.53 Å². The number of hydrogen-bond donors (Lipinski definition) is 2. The smallest absolute Gasteiger partial charge is 0.253 e. The third-order valence-electron chi connectivity index (χ3n) is 4.29. The lowest BCUT2D eigenvalue weighted by molar-refractivity contribution is -0.131. The van der Waals surface area contributed by atoms with Gasteiger partial charge in [0.25, 0.3) is 5.91 Å². The van der Waals surface area contributed by atoms with Gasteiger partial charge in [0.05, 0.1) is 6.10 Å². The molecule has 4 nitrogen and oxygen atoms in total. The van der Waals surface area contributed by atoms with Crippen LogP contribution in [0.4, 0.5) is 11.4 Å². The molecule has 0 saturated heterocycles. The van der Waals surface area contributed by atoms with E-state index in [-0.39, 0.29) is 12.0 Å². The van der Waals surface area contributed by atoms with Crippen molar-refractivity contribution in [3.63, 3.8) is 0 Å². The van der Waals surface area contributed by atoms with Gasteiger partial charge in [-0.1, -0.05) is 25.8 Å². The van der Waals surface area contributed by atoms with Gasteiger partial charge in [-0.05, 0) is 50.3 Å². The van der Waals surface area contributed by atoms with E-state index in [1.807, 2.05) is 32.0 Å². The molecule has 1 fully saturated rings. The van der Waals surface area contributed by atoms with Crippen LogP contribution in [0.1, 0.15) is 45.1 Å². The minimum absolute atomic E-state index is 0.109. The Morgan fingerprint density at radius 1 is 1.43 bits per heavy atom. The molecule has 3 N–H and O–H groups in total. The molecule has 116 valence electrons. The summed E-state index contributed by atoms with van der Waals surface area (Å²) in [5.74, 6) is 0.581. The molecule has 1 aromatic carbocycles. The first kappa shape index (κ1) is 15.8. The predicted molar refractivity (Wildman–Crippen MR) is 86.2 cm³/mol. The summed E-state index contributed by atoms with van der Waals surface area (Å²) in [7, 11) is 0. The second-order valence-corrected chi connectivity index (χ2v) is 6.18. The molecule has 3 unspecified atom stereocenters. The summed E-state index contributed by atoms with van der Waals surface area (Å²) in [4.78, 5) is 12.3. The molecule has 21 heavy (non-hydrogen) atoms. The zero-order chi connectivity index (χ0) is 15.4. The SMILES string of the molecule is Cc1c(N)cccc1NC(=O)C(C)OC1CCCC(C)C1. The maximum absolute atomic E-state index is 12.3. The van der Waals surface area contributed by atoms with Crippen molar-refractivity contribution >= 4 is 17.3 Å². The molecule has 1 saturated carbocycles. The lowest BCUT2D eigenvalue weighted by Gasteiger charge is -2.29. The van der Waals surface area contributed by atoms with Gasteiger partial charge >= 0.3 is 0 Å². The molecule has 1 amide bonds. The quantitative estimate of drug-likeness (QED) is 0.834. The second-order valence-electron chi connectivity index (χ2n) is 6.18. The minimum Gasteiger partial charge on any atom is -0.398 e. The van der Waals surface area contributed by atoms with E-state index in [1.165, 1.54) is 12.8 Å². The Morgan fingerprint density at radius 3 is 2.90 bits per heavy atom. The van der Waals surface area contributed by atoms with Crippen molar-refractivity contribution in [2.24, 2.45) is 5.92 Å². The van der Waals surface area contributed by atoms with Crippen LogP contribution in [-0.4, -0.2) is 18.1 Å². The third kappa shape index (κ3) is 4.21. The topological polar surface area (TPSA) is 64.3 Å². The van der Waals surface area contributed by atoms with Gasteiger partial charge in [0.1, 0.15) is 6.10 Å². The van der Waals surface area contributed by atoms with E-state index >= 15 is 0 Å². The number of anilines is 2. The van der Waals surface area contributed by atoms with Crippen molar-refractivity contribution in [3.8, 4) is 0 Å². The average Bonchev–Trinajstić information content (AvgIpc) is 2.44.